The Hall–Kier alpha value is -1.03. The summed E-state index contributed by atoms with van der Waals surface area (Å²) in [5.74, 6) is 0.947. The maximum atomic E-state index is 6.00. The molecule has 0 radical (unpaired) electrons. The molecule has 0 bridgehead atoms. The number of hydrogen-bond acceptors (Lipinski definition) is 2. The van der Waals surface area contributed by atoms with Crippen LogP contribution in [0.1, 0.15) is 18.7 Å². The lowest BCUT2D eigenvalue weighted by molar-refractivity contribution is 0.664. The van der Waals surface area contributed by atoms with Gasteiger partial charge in [-0.05, 0) is 25.0 Å². The molecule has 0 aliphatic heterocycles. The molecule has 5 heteroatoms. The van der Waals surface area contributed by atoms with Crippen LogP contribution in [0.25, 0.3) is 11.3 Å². The van der Waals surface area contributed by atoms with Gasteiger partial charge in [-0.2, -0.15) is 0 Å². The number of aromatic nitrogens is 2. The summed E-state index contributed by atoms with van der Waals surface area (Å²) in [6.07, 6.45) is 4.38. The first-order valence-corrected chi connectivity index (χ1v) is 6.70. The standard InChI is InChI=1S/C13H13Cl2N3/c14-10-4-1-8(5-11(10)15)12-6-17-13(18-12)7-16-9-2-3-9/h1,4-6,9,16H,2-3,7H2,(H,17,18). The van der Waals surface area contributed by atoms with Gasteiger partial charge in [0.2, 0.25) is 0 Å². The van der Waals surface area contributed by atoms with Gasteiger partial charge in [0.1, 0.15) is 5.82 Å². The highest BCUT2D eigenvalue weighted by atomic mass is 35.5. The monoisotopic (exact) mass is 281 g/mol. The average molecular weight is 282 g/mol. The van der Waals surface area contributed by atoms with Crippen molar-refractivity contribution in [1.29, 1.82) is 0 Å². The van der Waals surface area contributed by atoms with Gasteiger partial charge < -0.3 is 10.3 Å². The topological polar surface area (TPSA) is 40.7 Å². The molecule has 1 aliphatic carbocycles. The average Bonchev–Trinajstić information content (AvgIpc) is 3.08. The van der Waals surface area contributed by atoms with Crippen molar-refractivity contribution in [2.24, 2.45) is 0 Å². The van der Waals surface area contributed by atoms with E-state index in [1.807, 2.05) is 18.3 Å². The van der Waals surface area contributed by atoms with Gasteiger partial charge in [-0.15, -0.1) is 0 Å². The molecule has 0 atom stereocenters. The summed E-state index contributed by atoms with van der Waals surface area (Å²) in [6.45, 7) is 0.784. The van der Waals surface area contributed by atoms with E-state index in [0.717, 1.165) is 23.6 Å². The Morgan fingerprint density at radius 1 is 1.28 bits per heavy atom. The number of H-pyrrole nitrogens is 1. The minimum Gasteiger partial charge on any atom is -0.341 e. The molecule has 94 valence electrons. The lowest BCUT2D eigenvalue weighted by Gasteiger charge is -2.01. The molecular formula is C13H13Cl2N3. The van der Waals surface area contributed by atoms with Crippen molar-refractivity contribution in [3.05, 3.63) is 40.3 Å². The Morgan fingerprint density at radius 3 is 2.83 bits per heavy atom. The second-order valence-electron chi connectivity index (χ2n) is 4.53. The first-order valence-electron chi connectivity index (χ1n) is 5.95. The van der Waals surface area contributed by atoms with E-state index in [9.17, 15) is 0 Å². The van der Waals surface area contributed by atoms with Crippen LogP contribution in [0.3, 0.4) is 0 Å². The number of nitrogens with one attached hydrogen (secondary N) is 2. The van der Waals surface area contributed by atoms with Crippen LogP contribution in [-0.4, -0.2) is 16.0 Å². The van der Waals surface area contributed by atoms with E-state index in [1.165, 1.54) is 12.8 Å². The summed E-state index contributed by atoms with van der Waals surface area (Å²) in [6, 6.07) is 6.25. The van der Waals surface area contributed by atoms with E-state index in [4.69, 9.17) is 23.2 Å². The van der Waals surface area contributed by atoms with Crippen LogP contribution in [0.15, 0.2) is 24.4 Å². The van der Waals surface area contributed by atoms with Crippen LogP contribution in [0.5, 0.6) is 0 Å². The fraction of sp³-hybridized carbons (Fsp3) is 0.308. The van der Waals surface area contributed by atoms with Gasteiger partial charge in [0, 0.05) is 11.6 Å². The molecule has 0 saturated heterocycles. The van der Waals surface area contributed by atoms with Crippen molar-refractivity contribution in [2.75, 3.05) is 0 Å². The Kier molecular flexibility index (Phi) is 3.29. The highest BCUT2D eigenvalue weighted by Gasteiger charge is 2.20. The first-order chi connectivity index (χ1) is 8.72. The minimum atomic E-state index is 0.557. The molecule has 1 heterocycles. The molecule has 1 aromatic heterocycles. The summed E-state index contributed by atoms with van der Waals surface area (Å²) in [7, 11) is 0. The van der Waals surface area contributed by atoms with Crippen molar-refractivity contribution in [2.45, 2.75) is 25.4 Å². The number of imidazole rings is 1. The second-order valence-corrected chi connectivity index (χ2v) is 5.34. The predicted octanol–water partition coefficient (Wildman–Crippen LogP) is 3.64. The van der Waals surface area contributed by atoms with E-state index in [1.54, 1.807) is 6.07 Å². The Labute approximate surface area is 116 Å². The van der Waals surface area contributed by atoms with Crippen LogP contribution < -0.4 is 5.32 Å². The molecule has 1 fully saturated rings. The highest BCUT2D eigenvalue weighted by molar-refractivity contribution is 6.42. The molecule has 3 nitrogen and oxygen atoms in total. The zero-order chi connectivity index (χ0) is 12.5. The summed E-state index contributed by atoms with van der Waals surface area (Å²) >= 11 is 11.9. The van der Waals surface area contributed by atoms with Crippen LogP contribution in [0.4, 0.5) is 0 Å². The molecular weight excluding hydrogens is 269 g/mol. The Balaban J connectivity index is 1.76. The van der Waals surface area contributed by atoms with Gasteiger partial charge >= 0.3 is 0 Å². The van der Waals surface area contributed by atoms with E-state index < -0.39 is 0 Å². The SMILES string of the molecule is Clc1ccc(-c2cnc(CNC3CC3)[nH]2)cc1Cl. The quantitative estimate of drug-likeness (QED) is 0.899. The van der Waals surface area contributed by atoms with Gasteiger partial charge in [0.25, 0.3) is 0 Å². The number of aromatic amines is 1. The van der Waals surface area contributed by atoms with Crippen LogP contribution in [0.2, 0.25) is 10.0 Å². The number of benzene rings is 1. The van der Waals surface area contributed by atoms with Crippen LogP contribution in [0, 0.1) is 0 Å². The third kappa shape index (κ3) is 2.69. The Morgan fingerprint density at radius 2 is 2.11 bits per heavy atom. The highest BCUT2D eigenvalue weighted by Crippen LogP contribution is 2.27. The van der Waals surface area contributed by atoms with E-state index in [-0.39, 0.29) is 0 Å². The van der Waals surface area contributed by atoms with Crippen molar-refractivity contribution in [3.8, 4) is 11.3 Å². The number of halogens is 2. The van der Waals surface area contributed by atoms with Crippen molar-refractivity contribution in [3.63, 3.8) is 0 Å². The predicted molar refractivity (Wildman–Crippen MR) is 73.9 cm³/mol. The summed E-state index contributed by atoms with van der Waals surface area (Å²) in [5, 5.41) is 4.54. The smallest absolute Gasteiger partial charge is 0.120 e. The van der Waals surface area contributed by atoms with Gasteiger partial charge in [-0.25, -0.2) is 4.98 Å². The fourth-order valence-corrected chi connectivity index (χ4v) is 2.09. The number of rotatable bonds is 4. The molecule has 0 unspecified atom stereocenters. The molecule has 18 heavy (non-hydrogen) atoms. The molecule has 2 aromatic rings. The van der Waals surface area contributed by atoms with E-state index >= 15 is 0 Å². The largest absolute Gasteiger partial charge is 0.341 e. The van der Waals surface area contributed by atoms with Gasteiger partial charge in [-0.3, -0.25) is 0 Å². The molecule has 1 saturated carbocycles. The third-order valence-electron chi connectivity index (χ3n) is 2.99. The lowest BCUT2D eigenvalue weighted by atomic mass is 10.2. The Bertz CT molecular complexity index is 561. The number of nitrogens with zero attached hydrogens (tertiary/aromatic N) is 1. The fourth-order valence-electron chi connectivity index (χ4n) is 1.79. The third-order valence-corrected chi connectivity index (χ3v) is 3.73. The maximum absolute atomic E-state index is 6.00. The summed E-state index contributed by atoms with van der Waals surface area (Å²) < 4.78 is 0. The van der Waals surface area contributed by atoms with Gasteiger partial charge in [0.15, 0.2) is 0 Å². The normalized spacial score (nSPS) is 15.0. The molecule has 2 N–H and O–H groups in total. The van der Waals surface area contributed by atoms with Crippen molar-refractivity contribution < 1.29 is 0 Å². The molecule has 0 amide bonds. The van der Waals surface area contributed by atoms with Gasteiger partial charge in [-0.1, -0.05) is 29.3 Å². The summed E-state index contributed by atoms with van der Waals surface area (Å²) in [5.41, 5.74) is 1.95. The zero-order valence-corrected chi connectivity index (χ0v) is 11.2. The van der Waals surface area contributed by atoms with Crippen LogP contribution >= 0.6 is 23.2 Å². The van der Waals surface area contributed by atoms with E-state index in [2.05, 4.69) is 15.3 Å². The van der Waals surface area contributed by atoms with Crippen molar-refractivity contribution in [1.82, 2.24) is 15.3 Å². The lowest BCUT2D eigenvalue weighted by Crippen LogP contribution is -2.16. The molecule has 1 aliphatic rings. The second kappa shape index (κ2) is 4.92. The zero-order valence-electron chi connectivity index (χ0n) is 9.71. The van der Waals surface area contributed by atoms with E-state index in [0.29, 0.717) is 16.1 Å². The molecule has 3 rings (SSSR count). The molecule has 1 aromatic carbocycles. The number of hydrogen-bond donors (Lipinski definition) is 2. The van der Waals surface area contributed by atoms with Crippen LogP contribution in [-0.2, 0) is 6.54 Å². The summed E-state index contributed by atoms with van der Waals surface area (Å²) in [4.78, 5) is 7.63. The minimum absolute atomic E-state index is 0.557. The van der Waals surface area contributed by atoms with Crippen molar-refractivity contribution >= 4 is 23.2 Å². The molecule has 0 spiro atoms. The maximum Gasteiger partial charge on any atom is 0.120 e. The van der Waals surface area contributed by atoms with Gasteiger partial charge in [0.05, 0.1) is 28.5 Å². The first kappa shape index (κ1) is 12.0.